The van der Waals surface area contributed by atoms with Crippen LogP contribution in [0.3, 0.4) is 0 Å². The first-order chi connectivity index (χ1) is 42.1. The number of hydrogen-bond donors (Lipinski definition) is 0. The first kappa shape index (κ1) is 54.8. The van der Waals surface area contributed by atoms with E-state index < -0.39 is 0 Å². The molecule has 432 valence electrons. The number of para-hydroxylation sites is 3. The van der Waals surface area contributed by atoms with E-state index in [1.54, 1.807) is 0 Å². The lowest BCUT2D eigenvalue weighted by atomic mass is 9.78. The van der Waals surface area contributed by atoms with Gasteiger partial charge >= 0.3 is 0 Å². The van der Waals surface area contributed by atoms with Gasteiger partial charge in [-0.15, -0.1) is 0 Å². The monoisotopic (exact) mass is 1140 g/mol. The number of fused-ring (bicyclic) bond motifs is 13. The lowest BCUT2D eigenvalue weighted by molar-refractivity contribution is -0.570. The fourth-order valence-electron chi connectivity index (χ4n) is 13.3. The molecule has 1 aliphatic heterocycles. The molecule has 5 heterocycles. The standard InChI is InChI=1S/C82H72N4O2/c1-79(2,3)53-32-34-63-61-23-13-14-24-62(61)70-42-51(50-31-36-75-69(41-50)66-26-16-18-30-74(66)88-75)43-73-78(70)85(77-60(27-20-28-67(77)68(63)45-53)52-39-55(81(7,8)9)44-56(40-52)82(10,11)12)49-84(73)57-21-19-22-58(47-57)87-59-33-35-65-64-25-15-17-29-71(64)86(72(65)48-59)76-46-54(37-38-83-76)80(4,5)6/h13-48H,1-12H3. The minimum absolute atomic E-state index is 0.0496. The smallest absolute Gasteiger partial charge is 0.269 e. The molecular formula is C82H72N4O2. The van der Waals surface area contributed by atoms with Crippen molar-refractivity contribution in [2.24, 2.45) is 0 Å². The quantitative estimate of drug-likeness (QED) is 0.123. The third-order valence-electron chi connectivity index (χ3n) is 18.2. The van der Waals surface area contributed by atoms with Gasteiger partial charge in [-0.25, -0.2) is 4.98 Å². The summed E-state index contributed by atoms with van der Waals surface area (Å²) in [5.74, 6) is 2.30. The van der Waals surface area contributed by atoms with Gasteiger partial charge in [0.1, 0.15) is 28.5 Å². The molecule has 6 heteroatoms. The maximum Gasteiger partial charge on any atom is 0.269 e. The van der Waals surface area contributed by atoms with Crippen LogP contribution >= 0.6 is 0 Å². The van der Waals surface area contributed by atoms with Crippen molar-refractivity contribution in [2.75, 3.05) is 0 Å². The van der Waals surface area contributed by atoms with Crippen molar-refractivity contribution in [1.29, 1.82) is 0 Å². The summed E-state index contributed by atoms with van der Waals surface area (Å²) in [4.78, 5) is 4.97. The van der Waals surface area contributed by atoms with E-state index in [2.05, 4.69) is 309 Å². The van der Waals surface area contributed by atoms with E-state index in [1.807, 2.05) is 12.3 Å². The second-order valence-electron chi connectivity index (χ2n) is 28.3. The van der Waals surface area contributed by atoms with Crippen molar-refractivity contribution >= 4 is 54.8 Å². The summed E-state index contributed by atoms with van der Waals surface area (Å²) in [5, 5.41) is 4.47. The van der Waals surface area contributed by atoms with Crippen LogP contribution in [0.15, 0.2) is 223 Å². The molecule has 0 radical (unpaired) electrons. The third kappa shape index (κ3) is 9.22. The van der Waals surface area contributed by atoms with E-state index in [0.29, 0.717) is 5.75 Å². The molecule has 88 heavy (non-hydrogen) atoms. The molecule has 0 unspecified atom stereocenters. The number of pyridine rings is 1. The molecular weight excluding hydrogens is 1070 g/mol. The van der Waals surface area contributed by atoms with E-state index in [9.17, 15) is 0 Å². The van der Waals surface area contributed by atoms with Crippen LogP contribution in [0.5, 0.6) is 11.5 Å². The molecule has 0 saturated carbocycles. The molecule has 0 spiro atoms. The molecule has 4 aromatic heterocycles. The predicted octanol–water partition coefficient (Wildman–Crippen LogP) is 21.7. The normalized spacial score (nSPS) is 12.8. The number of imidazole rings is 1. The summed E-state index contributed by atoms with van der Waals surface area (Å²) in [5.41, 5.74) is 23.9. The number of rotatable bonds is 6. The van der Waals surface area contributed by atoms with Crippen molar-refractivity contribution in [3.05, 3.63) is 247 Å². The number of furan rings is 1. The Balaban J connectivity index is 1.01. The number of nitrogens with zero attached hydrogens (tertiary/aromatic N) is 4. The van der Waals surface area contributed by atoms with Crippen molar-refractivity contribution in [3.8, 4) is 84.3 Å². The first-order valence-corrected chi connectivity index (χ1v) is 30.9. The Morgan fingerprint density at radius 1 is 0.386 bits per heavy atom. The van der Waals surface area contributed by atoms with Gasteiger partial charge in [-0.2, -0.15) is 0 Å². The Morgan fingerprint density at radius 3 is 1.77 bits per heavy atom. The summed E-state index contributed by atoms with van der Waals surface area (Å²) in [6.45, 7) is 27.6. The van der Waals surface area contributed by atoms with Gasteiger partial charge in [0.05, 0.1) is 33.4 Å². The maximum atomic E-state index is 7.07. The zero-order chi connectivity index (χ0) is 60.8. The molecule has 0 atom stereocenters. The van der Waals surface area contributed by atoms with Crippen LogP contribution in [-0.2, 0) is 21.7 Å². The van der Waals surface area contributed by atoms with Crippen LogP contribution in [0.4, 0.5) is 0 Å². The van der Waals surface area contributed by atoms with Crippen molar-refractivity contribution in [1.82, 2.24) is 14.1 Å². The van der Waals surface area contributed by atoms with Crippen molar-refractivity contribution in [3.63, 3.8) is 0 Å². The Labute approximate surface area is 516 Å². The van der Waals surface area contributed by atoms with Gasteiger partial charge in [-0.3, -0.25) is 13.7 Å². The highest BCUT2D eigenvalue weighted by Gasteiger charge is 2.31. The maximum absolute atomic E-state index is 7.07. The molecule has 1 aliphatic rings. The molecule has 0 saturated heterocycles. The topological polar surface area (TPSA) is 49.0 Å². The highest BCUT2D eigenvalue weighted by atomic mass is 16.5. The average molecular weight is 1150 g/mol. The van der Waals surface area contributed by atoms with Gasteiger partial charge in [0, 0.05) is 33.8 Å². The van der Waals surface area contributed by atoms with Crippen LogP contribution in [0.25, 0.3) is 128 Å². The molecule has 0 fully saturated rings. The molecule has 0 bridgehead atoms. The Bertz CT molecular complexity index is 5140. The minimum Gasteiger partial charge on any atom is -0.458 e. The lowest BCUT2D eigenvalue weighted by Gasteiger charge is -2.27. The molecule has 15 rings (SSSR count). The van der Waals surface area contributed by atoms with Crippen LogP contribution in [0, 0.1) is 6.33 Å². The average Bonchev–Trinajstić information content (AvgIpc) is 1.62. The Kier molecular flexibility index (Phi) is 12.4. The Morgan fingerprint density at radius 2 is 1.01 bits per heavy atom. The number of aromatic nitrogens is 4. The molecule has 0 aliphatic carbocycles. The van der Waals surface area contributed by atoms with Gasteiger partial charge in [0.25, 0.3) is 6.33 Å². The highest BCUT2D eigenvalue weighted by Crippen LogP contribution is 2.49. The molecule has 14 aromatic rings. The van der Waals surface area contributed by atoms with Gasteiger partial charge in [-0.05, 0) is 172 Å². The van der Waals surface area contributed by atoms with E-state index in [0.717, 1.165) is 111 Å². The highest BCUT2D eigenvalue weighted by molar-refractivity contribution is 6.10. The van der Waals surface area contributed by atoms with Crippen LogP contribution in [0.1, 0.15) is 105 Å². The van der Waals surface area contributed by atoms with Gasteiger partial charge < -0.3 is 9.15 Å². The zero-order valence-corrected chi connectivity index (χ0v) is 52.4. The fourth-order valence-corrected chi connectivity index (χ4v) is 13.3. The number of hydrogen-bond acceptors (Lipinski definition) is 3. The zero-order valence-electron chi connectivity index (χ0n) is 52.4. The van der Waals surface area contributed by atoms with E-state index in [1.165, 1.54) is 44.5 Å². The van der Waals surface area contributed by atoms with Crippen LogP contribution in [0.2, 0.25) is 0 Å². The van der Waals surface area contributed by atoms with Gasteiger partial charge in [0.2, 0.25) is 0 Å². The molecule has 6 nitrogen and oxygen atoms in total. The summed E-state index contributed by atoms with van der Waals surface area (Å²) < 4.78 is 20.4. The third-order valence-corrected chi connectivity index (χ3v) is 18.2. The SMILES string of the molecule is CC(C)(C)c1cc(-c2cccc3c2-[n+]2[c-]n(-c4cccc(Oc5ccc6c7ccccc7n(-c7cc(C(C)(C)C)ccn7)c6c5)c4)c4cc(-c5ccc6oc7ccccc7c6c5)cc(c42)-c2ccccc2-c2ccc(C(C)(C)C)cc2-3)cc(C(C)(C)C)c1. The van der Waals surface area contributed by atoms with Crippen LogP contribution in [-0.4, -0.2) is 14.1 Å². The summed E-state index contributed by atoms with van der Waals surface area (Å²) in [6.07, 6.45) is 6.09. The summed E-state index contributed by atoms with van der Waals surface area (Å²) in [6, 6.07) is 78.0. The van der Waals surface area contributed by atoms with E-state index >= 15 is 0 Å². The molecule has 0 N–H and O–H groups in total. The minimum atomic E-state index is -0.116. The molecule has 10 aromatic carbocycles. The van der Waals surface area contributed by atoms with Gasteiger partial charge in [-0.1, -0.05) is 217 Å². The largest absolute Gasteiger partial charge is 0.458 e. The second kappa shape index (κ2) is 19.9. The fraction of sp³-hybridized carbons (Fsp3) is 0.195. The lowest BCUT2D eigenvalue weighted by Crippen LogP contribution is -2.32. The van der Waals surface area contributed by atoms with E-state index in [-0.39, 0.29) is 21.7 Å². The second-order valence-corrected chi connectivity index (χ2v) is 28.3. The predicted molar refractivity (Wildman–Crippen MR) is 365 cm³/mol. The molecule has 0 amide bonds. The summed E-state index contributed by atoms with van der Waals surface area (Å²) in [7, 11) is 0. The first-order valence-electron chi connectivity index (χ1n) is 30.9. The summed E-state index contributed by atoms with van der Waals surface area (Å²) >= 11 is 0. The van der Waals surface area contributed by atoms with Gasteiger partial charge in [0.15, 0.2) is 0 Å². The van der Waals surface area contributed by atoms with E-state index in [4.69, 9.17) is 14.1 Å². The van der Waals surface area contributed by atoms with Crippen molar-refractivity contribution < 1.29 is 13.7 Å². The van der Waals surface area contributed by atoms with Crippen LogP contribution < -0.4 is 9.30 Å². The Hall–Kier alpha value is -9.78. The van der Waals surface area contributed by atoms with Crippen molar-refractivity contribution in [2.45, 2.75) is 105 Å². The number of ether oxygens (including phenoxy) is 1. The number of benzene rings is 10.